The second kappa shape index (κ2) is 6.66. The second-order valence-corrected chi connectivity index (χ2v) is 6.67. The maximum Gasteiger partial charge on any atom is 0.275 e. The first-order valence-electron chi connectivity index (χ1n) is 7.51. The molecule has 0 atom stereocenters. The number of carbonyl (C=O) groups is 1. The van der Waals surface area contributed by atoms with Crippen LogP contribution in [-0.4, -0.2) is 15.7 Å². The van der Waals surface area contributed by atoms with Gasteiger partial charge < -0.3 is 5.32 Å². The minimum absolute atomic E-state index is 0.0434. The van der Waals surface area contributed by atoms with Gasteiger partial charge in [-0.15, -0.1) is 6.42 Å². The van der Waals surface area contributed by atoms with Gasteiger partial charge in [0.15, 0.2) is 0 Å². The minimum Gasteiger partial charge on any atom is -0.350 e. The van der Waals surface area contributed by atoms with Crippen molar-refractivity contribution in [2.45, 2.75) is 40.3 Å². The van der Waals surface area contributed by atoms with Crippen LogP contribution in [0.3, 0.4) is 0 Å². The number of benzene rings is 1. The molecular weight excluding hydrogens is 290 g/mol. The van der Waals surface area contributed by atoms with E-state index in [4.69, 9.17) is 6.42 Å². The molecule has 1 aromatic carbocycles. The molecule has 1 amide bonds. The molecule has 2 aromatic rings. The van der Waals surface area contributed by atoms with Crippen molar-refractivity contribution < 1.29 is 4.79 Å². The first-order valence-corrected chi connectivity index (χ1v) is 7.51. The van der Waals surface area contributed by atoms with E-state index in [1.807, 2.05) is 32.9 Å². The summed E-state index contributed by atoms with van der Waals surface area (Å²) in [5.41, 5.74) is 0.336. The summed E-state index contributed by atoms with van der Waals surface area (Å²) in [5.74, 6) is 2.38. The van der Waals surface area contributed by atoms with Gasteiger partial charge in [0, 0.05) is 11.8 Å². The summed E-state index contributed by atoms with van der Waals surface area (Å²) in [6.07, 6.45) is 5.72. The van der Waals surface area contributed by atoms with Crippen LogP contribution in [0.4, 0.5) is 0 Å². The molecule has 23 heavy (non-hydrogen) atoms. The molecule has 0 aliphatic heterocycles. The van der Waals surface area contributed by atoms with Crippen molar-refractivity contribution in [2.75, 3.05) is 0 Å². The van der Waals surface area contributed by atoms with Crippen molar-refractivity contribution in [1.82, 2.24) is 15.1 Å². The summed E-state index contributed by atoms with van der Waals surface area (Å²) < 4.78 is 1.26. The van der Waals surface area contributed by atoms with Gasteiger partial charge in [0.05, 0.1) is 17.6 Å². The Hall–Kier alpha value is -2.61. The number of amides is 1. The number of nitrogens with zero attached hydrogens (tertiary/aromatic N) is 2. The van der Waals surface area contributed by atoms with E-state index < -0.39 is 0 Å². The topological polar surface area (TPSA) is 64.0 Å². The summed E-state index contributed by atoms with van der Waals surface area (Å²) >= 11 is 0. The maximum atomic E-state index is 12.3. The Labute approximate surface area is 135 Å². The van der Waals surface area contributed by atoms with Crippen LogP contribution in [0.25, 0.3) is 10.8 Å². The summed E-state index contributed by atoms with van der Waals surface area (Å²) in [6, 6.07) is 7.21. The Morgan fingerprint density at radius 1 is 1.30 bits per heavy atom. The van der Waals surface area contributed by atoms with E-state index in [1.165, 1.54) is 4.68 Å². The van der Waals surface area contributed by atoms with Crippen molar-refractivity contribution >= 4 is 16.7 Å². The van der Waals surface area contributed by atoms with Gasteiger partial charge in [-0.3, -0.25) is 9.59 Å². The van der Waals surface area contributed by atoms with Gasteiger partial charge >= 0.3 is 0 Å². The largest absolute Gasteiger partial charge is 0.350 e. The molecule has 1 N–H and O–H groups in total. The van der Waals surface area contributed by atoms with Crippen LogP contribution in [0.15, 0.2) is 29.1 Å². The number of hydrogen-bond acceptors (Lipinski definition) is 3. The van der Waals surface area contributed by atoms with Gasteiger partial charge in [-0.25, -0.2) is 4.68 Å². The third-order valence-electron chi connectivity index (χ3n) is 3.33. The fraction of sp³-hybridized carbons (Fsp3) is 0.389. The van der Waals surface area contributed by atoms with Crippen LogP contribution < -0.4 is 10.9 Å². The number of aromatic nitrogens is 2. The Kier molecular flexibility index (Phi) is 4.85. The fourth-order valence-corrected chi connectivity index (χ4v) is 2.36. The molecule has 0 saturated carbocycles. The number of terminal acetylenes is 1. The molecule has 1 heterocycles. The van der Waals surface area contributed by atoms with Gasteiger partial charge in [0.2, 0.25) is 5.91 Å². The lowest BCUT2D eigenvalue weighted by molar-refractivity contribution is -0.122. The summed E-state index contributed by atoms with van der Waals surface area (Å²) in [5, 5.41) is 8.46. The number of hydrogen-bond donors (Lipinski definition) is 1. The van der Waals surface area contributed by atoms with Crippen molar-refractivity contribution in [2.24, 2.45) is 5.41 Å². The first-order chi connectivity index (χ1) is 10.8. The molecule has 0 spiro atoms. The van der Waals surface area contributed by atoms with Crippen LogP contribution in [0.2, 0.25) is 0 Å². The normalized spacial score (nSPS) is 11.2. The molecule has 1 aromatic heterocycles. The standard InChI is InChI=1S/C18H21N3O2/c1-5-10-21-17(23)14-9-7-6-8-13(14)15(20-21)12-19-16(22)11-18(2,3)4/h1,6-9H,10-12H2,2-4H3,(H,19,22). The highest BCUT2D eigenvalue weighted by Crippen LogP contribution is 2.18. The van der Waals surface area contributed by atoms with E-state index in [1.54, 1.807) is 12.1 Å². The lowest BCUT2D eigenvalue weighted by atomic mass is 9.92. The summed E-state index contributed by atoms with van der Waals surface area (Å²) in [6.45, 7) is 6.39. The van der Waals surface area contributed by atoms with Gasteiger partial charge in [0.1, 0.15) is 6.54 Å². The highest BCUT2D eigenvalue weighted by atomic mass is 16.1. The zero-order valence-electron chi connectivity index (χ0n) is 13.7. The number of carbonyl (C=O) groups excluding carboxylic acids is 1. The molecule has 5 nitrogen and oxygen atoms in total. The van der Waals surface area contributed by atoms with Crippen LogP contribution in [0.5, 0.6) is 0 Å². The molecule has 0 aliphatic rings. The highest BCUT2D eigenvalue weighted by Gasteiger charge is 2.16. The van der Waals surface area contributed by atoms with E-state index >= 15 is 0 Å². The maximum absolute atomic E-state index is 12.3. The molecule has 0 bridgehead atoms. The second-order valence-electron chi connectivity index (χ2n) is 6.67. The third-order valence-corrected chi connectivity index (χ3v) is 3.33. The van der Waals surface area contributed by atoms with Crippen molar-refractivity contribution in [3.8, 4) is 12.3 Å². The molecular formula is C18H21N3O2. The Bertz CT molecular complexity index is 823. The Morgan fingerprint density at radius 2 is 1.96 bits per heavy atom. The quantitative estimate of drug-likeness (QED) is 0.879. The predicted octanol–water partition coefficient (Wildman–Crippen LogP) is 2.08. The zero-order chi connectivity index (χ0) is 17.0. The number of fused-ring (bicyclic) bond motifs is 1. The average molecular weight is 311 g/mol. The molecule has 0 aliphatic carbocycles. The monoisotopic (exact) mass is 311 g/mol. The SMILES string of the molecule is C#CCn1nc(CNC(=O)CC(C)(C)C)c2ccccc2c1=O. The predicted molar refractivity (Wildman–Crippen MR) is 90.8 cm³/mol. The smallest absolute Gasteiger partial charge is 0.275 e. The van der Waals surface area contributed by atoms with Gasteiger partial charge in [0.25, 0.3) is 5.56 Å². The molecule has 120 valence electrons. The average Bonchev–Trinajstić information content (AvgIpc) is 2.47. The lowest BCUT2D eigenvalue weighted by Crippen LogP contribution is -2.30. The lowest BCUT2D eigenvalue weighted by Gasteiger charge is -2.17. The molecule has 0 unspecified atom stereocenters. The highest BCUT2D eigenvalue weighted by molar-refractivity contribution is 5.84. The van der Waals surface area contributed by atoms with Gasteiger partial charge in [-0.2, -0.15) is 5.10 Å². The molecule has 2 rings (SSSR count). The van der Waals surface area contributed by atoms with E-state index in [0.29, 0.717) is 17.5 Å². The minimum atomic E-state index is -0.219. The van der Waals surface area contributed by atoms with E-state index in [0.717, 1.165) is 5.39 Å². The number of rotatable bonds is 4. The van der Waals surface area contributed by atoms with E-state index in [2.05, 4.69) is 16.3 Å². The fourth-order valence-electron chi connectivity index (χ4n) is 2.36. The first kappa shape index (κ1) is 16.8. The molecule has 0 saturated heterocycles. The summed E-state index contributed by atoms with van der Waals surface area (Å²) in [7, 11) is 0. The van der Waals surface area contributed by atoms with E-state index in [-0.39, 0.29) is 30.0 Å². The Morgan fingerprint density at radius 3 is 2.57 bits per heavy atom. The number of nitrogens with one attached hydrogen (secondary N) is 1. The van der Waals surface area contributed by atoms with E-state index in [9.17, 15) is 9.59 Å². The van der Waals surface area contributed by atoms with Crippen LogP contribution in [0, 0.1) is 17.8 Å². The Balaban J connectivity index is 2.33. The molecule has 0 radical (unpaired) electrons. The molecule has 0 fully saturated rings. The molecule has 5 heteroatoms. The van der Waals surface area contributed by atoms with Crippen molar-refractivity contribution in [3.63, 3.8) is 0 Å². The summed E-state index contributed by atoms with van der Waals surface area (Å²) in [4.78, 5) is 24.3. The van der Waals surface area contributed by atoms with Gasteiger partial charge in [-0.1, -0.05) is 44.9 Å². The van der Waals surface area contributed by atoms with Crippen LogP contribution >= 0.6 is 0 Å². The van der Waals surface area contributed by atoms with Crippen LogP contribution in [-0.2, 0) is 17.9 Å². The van der Waals surface area contributed by atoms with Gasteiger partial charge in [-0.05, 0) is 11.5 Å². The third kappa shape index (κ3) is 4.19. The van der Waals surface area contributed by atoms with Crippen molar-refractivity contribution in [3.05, 3.63) is 40.3 Å². The van der Waals surface area contributed by atoms with Crippen LogP contribution in [0.1, 0.15) is 32.9 Å². The van der Waals surface area contributed by atoms with Crippen molar-refractivity contribution in [1.29, 1.82) is 0 Å². The zero-order valence-corrected chi connectivity index (χ0v) is 13.7.